The number of rotatable bonds is 5. The number of carbonyl (C=O) groups excluding carboxylic acids is 2. The summed E-state index contributed by atoms with van der Waals surface area (Å²) >= 11 is 0. The number of ether oxygens (including phenoxy) is 1. The van der Waals surface area contributed by atoms with Crippen LogP contribution in [-0.2, 0) is 0 Å². The lowest BCUT2D eigenvalue weighted by Gasteiger charge is -2.32. The van der Waals surface area contributed by atoms with Crippen molar-refractivity contribution in [1.29, 1.82) is 0 Å². The maximum atomic E-state index is 13.2. The van der Waals surface area contributed by atoms with E-state index >= 15 is 0 Å². The Morgan fingerprint density at radius 2 is 1.52 bits per heavy atom. The first-order valence-corrected chi connectivity index (χ1v) is 11.0. The van der Waals surface area contributed by atoms with Crippen LogP contribution in [0.25, 0.3) is 11.0 Å². The first kappa shape index (κ1) is 20.8. The molecule has 3 aromatic carbocycles. The number of benzene rings is 3. The quantitative estimate of drug-likeness (QED) is 0.404. The van der Waals surface area contributed by atoms with E-state index in [1.807, 2.05) is 42.5 Å². The Balaban J connectivity index is 1.26. The lowest BCUT2D eigenvalue weighted by Crippen LogP contribution is -2.42. The van der Waals surface area contributed by atoms with E-state index in [4.69, 9.17) is 4.74 Å². The fraction of sp³-hybridized carbons (Fsp3) is 0.185. The van der Waals surface area contributed by atoms with Gasteiger partial charge in [-0.15, -0.1) is 0 Å². The van der Waals surface area contributed by atoms with Gasteiger partial charge < -0.3 is 9.64 Å². The lowest BCUT2D eigenvalue weighted by molar-refractivity contribution is 0.0637. The summed E-state index contributed by atoms with van der Waals surface area (Å²) in [5.41, 5.74) is 2.64. The highest BCUT2D eigenvalue weighted by molar-refractivity contribution is 6.00. The minimum atomic E-state index is -0.219. The van der Waals surface area contributed by atoms with Crippen molar-refractivity contribution >= 4 is 22.7 Å². The highest BCUT2D eigenvalue weighted by atomic mass is 16.5. The second-order valence-corrected chi connectivity index (χ2v) is 8.15. The fourth-order valence-corrected chi connectivity index (χ4v) is 4.20. The van der Waals surface area contributed by atoms with E-state index in [1.54, 1.807) is 47.6 Å². The Morgan fingerprint density at radius 3 is 2.30 bits per heavy atom. The van der Waals surface area contributed by atoms with Crippen molar-refractivity contribution in [3.05, 3.63) is 96.3 Å². The van der Waals surface area contributed by atoms with Crippen molar-refractivity contribution in [2.24, 2.45) is 5.92 Å². The third-order valence-corrected chi connectivity index (χ3v) is 5.91. The molecule has 6 heteroatoms. The number of para-hydroxylation sites is 1. The molecule has 4 aromatic rings. The van der Waals surface area contributed by atoms with Gasteiger partial charge in [-0.3, -0.25) is 19.6 Å². The summed E-state index contributed by atoms with van der Waals surface area (Å²) in [7, 11) is 0. The van der Waals surface area contributed by atoms with Gasteiger partial charge in [-0.2, -0.15) is 0 Å². The van der Waals surface area contributed by atoms with Crippen molar-refractivity contribution in [1.82, 2.24) is 14.9 Å². The molecule has 0 N–H and O–H groups in total. The van der Waals surface area contributed by atoms with Gasteiger partial charge in [0.05, 0.1) is 11.0 Å². The number of piperidine rings is 1. The van der Waals surface area contributed by atoms with Crippen LogP contribution in [0, 0.1) is 5.92 Å². The Bertz CT molecular complexity index is 1290. The number of amides is 1. The maximum absolute atomic E-state index is 13.2. The molecule has 0 unspecified atom stereocenters. The molecule has 5 rings (SSSR count). The molecule has 1 amide bonds. The maximum Gasteiger partial charge on any atom is 0.253 e. The van der Waals surface area contributed by atoms with Crippen LogP contribution in [0.1, 0.15) is 33.6 Å². The summed E-state index contributed by atoms with van der Waals surface area (Å²) in [5.74, 6) is 1.19. The molecule has 1 atom stereocenters. The number of aromatic nitrogens is 2. The molecule has 0 spiro atoms. The topological polar surface area (TPSA) is 72.4 Å². The average Bonchev–Trinajstić information content (AvgIpc) is 2.88. The molecule has 0 saturated carbocycles. The first-order valence-electron chi connectivity index (χ1n) is 11.0. The first-order chi connectivity index (χ1) is 16.2. The summed E-state index contributed by atoms with van der Waals surface area (Å²) in [4.78, 5) is 36.6. The van der Waals surface area contributed by atoms with Gasteiger partial charge in [-0.1, -0.05) is 18.2 Å². The van der Waals surface area contributed by atoms with E-state index in [-0.39, 0.29) is 17.6 Å². The minimum absolute atomic E-state index is 0.0585. The largest absolute Gasteiger partial charge is 0.457 e. The van der Waals surface area contributed by atoms with Crippen LogP contribution in [0.15, 0.2) is 85.2 Å². The van der Waals surface area contributed by atoms with Gasteiger partial charge in [0, 0.05) is 42.5 Å². The van der Waals surface area contributed by atoms with Gasteiger partial charge in [-0.25, -0.2) is 0 Å². The van der Waals surface area contributed by atoms with Gasteiger partial charge in [0.25, 0.3) is 5.91 Å². The highest BCUT2D eigenvalue weighted by Crippen LogP contribution is 2.26. The molecule has 1 fully saturated rings. The van der Waals surface area contributed by atoms with E-state index < -0.39 is 0 Å². The lowest BCUT2D eigenvalue weighted by atomic mass is 9.89. The Hall–Kier alpha value is -4.06. The second-order valence-electron chi connectivity index (χ2n) is 8.15. The van der Waals surface area contributed by atoms with Gasteiger partial charge in [0.2, 0.25) is 0 Å². The van der Waals surface area contributed by atoms with Crippen LogP contribution in [0.2, 0.25) is 0 Å². The van der Waals surface area contributed by atoms with Crippen molar-refractivity contribution in [2.75, 3.05) is 13.1 Å². The molecule has 0 radical (unpaired) electrons. The number of carbonyl (C=O) groups is 2. The summed E-state index contributed by atoms with van der Waals surface area (Å²) in [5, 5.41) is 0. The molecular formula is C27H23N3O3. The van der Waals surface area contributed by atoms with Crippen LogP contribution in [-0.4, -0.2) is 39.6 Å². The van der Waals surface area contributed by atoms with E-state index in [0.717, 1.165) is 24.1 Å². The Labute approximate surface area is 191 Å². The summed E-state index contributed by atoms with van der Waals surface area (Å²) in [6, 6.07) is 22.1. The van der Waals surface area contributed by atoms with Crippen molar-refractivity contribution < 1.29 is 14.3 Å². The normalized spacial score (nSPS) is 15.9. The SMILES string of the molecule is O=C(c1ccc(Oc2ccccc2)cc1)[C@H]1CCCN(C(=O)c2ccc3nccnc3c2)C1. The zero-order valence-corrected chi connectivity index (χ0v) is 18.1. The van der Waals surface area contributed by atoms with Crippen LogP contribution in [0.4, 0.5) is 0 Å². The number of likely N-dealkylation sites (tertiary alicyclic amines) is 1. The predicted octanol–water partition coefficient (Wildman–Crippen LogP) is 5.16. The highest BCUT2D eigenvalue weighted by Gasteiger charge is 2.29. The van der Waals surface area contributed by atoms with Gasteiger partial charge in [-0.05, 0) is 67.4 Å². The molecule has 1 saturated heterocycles. The van der Waals surface area contributed by atoms with Crippen molar-refractivity contribution in [2.45, 2.75) is 12.8 Å². The molecule has 0 aliphatic carbocycles. The van der Waals surface area contributed by atoms with Crippen LogP contribution in [0.3, 0.4) is 0 Å². The number of hydrogen-bond acceptors (Lipinski definition) is 5. The van der Waals surface area contributed by atoms with E-state index in [2.05, 4.69) is 9.97 Å². The molecule has 6 nitrogen and oxygen atoms in total. The average molecular weight is 437 g/mol. The molecule has 1 aliphatic rings. The fourth-order valence-electron chi connectivity index (χ4n) is 4.20. The molecular weight excluding hydrogens is 414 g/mol. The smallest absolute Gasteiger partial charge is 0.253 e. The van der Waals surface area contributed by atoms with Crippen molar-refractivity contribution in [3.63, 3.8) is 0 Å². The number of fused-ring (bicyclic) bond motifs is 1. The zero-order chi connectivity index (χ0) is 22.6. The second kappa shape index (κ2) is 9.20. The zero-order valence-electron chi connectivity index (χ0n) is 18.1. The van der Waals surface area contributed by atoms with Gasteiger partial charge >= 0.3 is 0 Å². The number of ketones is 1. The van der Waals surface area contributed by atoms with Gasteiger partial charge in [0.1, 0.15) is 11.5 Å². The van der Waals surface area contributed by atoms with Crippen LogP contribution >= 0.6 is 0 Å². The van der Waals surface area contributed by atoms with E-state index in [9.17, 15) is 9.59 Å². The van der Waals surface area contributed by atoms with Crippen LogP contribution in [0.5, 0.6) is 11.5 Å². The summed E-state index contributed by atoms with van der Waals surface area (Å²) < 4.78 is 5.81. The van der Waals surface area contributed by atoms with Gasteiger partial charge in [0.15, 0.2) is 5.78 Å². The monoisotopic (exact) mass is 437 g/mol. The third kappa shape index (κ3) is 4.60. The Morgan fingerprint density at radius 1 is 0.818 bits per heavy atom. The third-order valence-electron chi connectivity index (χ3n) is 5.91. The number of Topliss-reactive ketones (excluding diaryl/α,β-unsaturated/α-hetero) is 1. The standard InChI is InChI=1S/C27H23N3O3/c31-26(19-8-11-23(12-9-19)33-22-6-2-1-3-7-22)21-5-4-16-30(18-21)27(32)20-10-13-24-25(17-20)29-15-14-28-24/h1-3,6-15,17,21H,4-5,16,18H2/t21-/m0/s1. The molecule has 0 bridgehead atoms. The molecule has 2 heterocycles. The minimum Gasteiger partial charge on any atom is -0.457 e. The van der Waals surface area contributed by atoms with E-state index in [1.165, 1.54) is 0 Å². The Kier molecular flexibility index (Phi) is 5.81. The molecule has 1 aliphatic heterocycles. The summed E-state index contributed by atoms with van der Waals surface area (Å²) in [6.07, 6.45) is 4.81. The molecule has 164 valence electrons. The molecule has 33 heavy (non-hydrogen) atoms. The van der Waals surface area contributed by atoms with Crippen molar-refractivity contribution in [3.8, 4) is 11.5 Å². The van der Waals surface area contributed by atoms with Crippen LogP contribution < -0.4 is 4.74 Å². The van der Waals surface area contributed by atoms with E-state index in [0.29, 0.717) is 35.5 Å². The summed E-state index contributed by atoms with van der Waals surface area (Å²) in [6.45, 7) is 1.06. The molecule has 1 aromatic heterocycles. The number of nitrogens with zero attached hydrogens (tertiary/aromatic N) is 3. The number of hydrogen-bond donors (Lipinski definition) is 0. The predicted molar refractivity (Wildman–Crippen MR) is 125 cm³/mol.